The van der Waals surface area contributed by atoms with Crippen molar-refractivity contribution in [2.75, 3.05) is 5.75 Å². The lowest BCUT2D eigenvalue weighted by molar-refractivity contribution is 0.819. The van der Waals surface area contributed by atoms with Crippen molar-refractivity contribution in [3.63, 3.8) is 0 Å². The molecule has 0 saturated heterocycles. The smallest absolute Gasteiger partial charge is 0.267 e. The molecule has 1 atom stereocenters. The Labute approximate surface area is 151 Å². The van der Waals surface area contributed by atoms with Crippen molar-refractivity contribution in [3.8, 4) is 5.69 Å². The summed E-state index contributed by atoms with van der Waals surface area (Å²) in [6.07, 6.45) is 0.792. The van der Waals surface area contributed by atoms with Crippen LogP contribution in [0.1, 0.15) is 6.42 Å². The van der Waals surface area contributed by atoms with Gasteiger partial charge < -0.3 is 0 Å². The van der Waals surface area contributed by atoms with Gasteiger partial charge in [-0.1, -0.05) is 30.0 Å². The molecule has 0 unspecified atom stereocenters. The van der Waals surface area contributed by atoms with Crippen molar-refractivity contribution >= 4 is 56.5 Å². The first-order valence-electron chi connectivity index (χ1n) is 7.12. The molecule has 1 aliphatic carbocycles. The minimum Gasteiger partial charge on any atom is -0.268 e. The quantitative estimate of drug-likeness (QED) is 0.371. The normalized spacial score (nSPS) is 19.1. The monoisotopic (exact) mass is 382 g/mol. The number of aromatic nitrogens is 2. The molecule has 1 aromatic carbocycles. The Hall–Kier alpha value is -1.01. The van der Waals surface area contributed by atoms with Gasteiger partial charge in [-0.2, -0.15) is 0 Å². The highest BCUT2D eigenvalue weighted by molar-refractivity contribution is 7.99. The maximum Gasteiger partial charge on any atom is 0.267 e. The predicted octanol–water partition coefficient (Wildman–Crippen LogP) is 4.73. The summed E-state index contributed by atoms with van der Waals surface area (Å²) in [6.45, 7) is 0. The molecule has 4 rings (SSSR count). The Bertz CT molecular complexity index is 921. The summed E-state index contributed by atoms with van der Waals surface area (Å²) >= 11 is 15.2. The Morgan fingerprint density at radius 3 is 2.74 bits per heavy atom. The number of nitrogens with zero attached hydrogens (tertiary/aromatic N) is 2. The number of hydrogen-bond donors (Lipinski definition) is 0. The van der Waals surface area contributed by atoms with E-state index in [4.69, 9.17) is 23.2 Å². The van der Waals surface area contributed by atoms with E-state index < -0.39 is 4.33 Å². The Kier molecular flexibility index (Phi) is 3.92. The SMILES string of the molecule is O=c1c2ccsc2nc(SC[C@@H]2CC2(Cl)Cl)n1-c1ccccc1. The second-order valence-electron chi connectivity index (χ2n) is 5.48. The summed E-state index contributed by atoms with van der Waals surface area (Å²) in [5, 5.41) is 3.23. The van der Waals surface area contributed by atoms with Crippen molar-refractivity contribution in [2.24, 2.45) is 5.92 Å². The second-order valence-corrected chi connectivity index (χ2v) is 8.91. The van der Waals surface area contributed by atoms with Crippen molar-refractivity contribution in [2.45, 2.75) is 15.9 Å². The molecule has 7 heteroatoms. The third-order valence-electron chi connectivity index (χ3n) is 3.85. The van der Waals surface area contributed by atoms with Crippen LogP contribution < -0.4 is 5.56 Å². The molecule has 0 aliphatic heterocycles. The largest absolute Gasteiger partial charge is 0.268 e. The molecular weight excluding hydrogens is 371 g/mol. The molecule has 118 valence electrons. The van der Waals surface area contributed by atoms with Crippen LogP contribution in [0, 0.1) is 5.92 Å². The van der Waals surface area contributed by atoms with Gasteiger partial charge in [0.15, 0.2) is 5.16 Å². The van der Waals surface area contributed by atoms with Crippen molar-refractivity contribution < 1.29 is 0 Å². The lowest BCUT2D eigenvalue weighted by Gasteiger charge is -2.12. The highest BCUT2D eigenvalue weighted by Crippen LogP contribution is 2.54. The maximum atomic E-state index is 12.9. The van der Waals surface area contributed by atoms with Crippen LogP contribution in [-0.2, 0) is 0 Å². The number of benzene rings is 1. The molecule has 1 aliphatic rings. The molecule has 2 aromatic heterocycles. The van der Waals surface area contributed by atoms with E-state index in [9.17, 15) is 4.79 Å². The Morgan fingerprint density at radius 1 is 1.30 bits per heavy atom. The summed E-state index contributed by atoms with van der Waals surface area (Å²) < 4.78 is 1.06. The van der Waals surface area contributed by atoms with E-state index in [0.29, 0.717) is 10.5 Å². The number of fused-ring (bicyclic) bond motifs is 1. The van der Waals surface area contributed by atoms with Crippen LogP contribution in [0.5, 0.6) is 0 Å². The van der Waals surface area contributed by atoms with E-state index in [1.165, 1.54) is 23.1 Å². The summed E-state index contributed by atoms with van der Waals surface area (Å²) in [6, 6.07) is 11.4. The third kappa shape index (κ3) is 2.91. The maximum absolute atomic E-state index is 12.9. The van der Waals surface area contributed by atoms with Crippen LogP contribution in [0.15, 0.2) is 51.7 Å². The summed E-state index contributed by atoms with van der Waals surface area (Å²) in [5.41, 5.74) is 0.781. The number of hydrogen-bond acceptors (Lipinski definition) is 4. The van der Waals surface area contributed by atoms with E-state index >= 15 is 0 Å². The Morgan fingerprint density at radius 2 is 2.04 bits per heavy atom. The molecule has 2 heterocycles. The van der Waals surface area contributed by atoms with Gasteiger partial charge >= 0.3 is 0 Å². The van der Waals surface area contributed by atoms with Gasteiger partial charge in [-0.3, -0.25) is 9.36 Å². The van der Waals surface area contributed by atoms with Gasteiger partial charge in [0.25, 0.3) is 5.56 Å². The number of alkyl halides is 2. The van der Waals surface area contributed by atoms with Crippen LogP contribution in [0.25, 0.3) is 15.9 Å². The van der Waals surface area contributed by atoms with Gasteiger partial charge in [0.1, 0.15) is 9.16 Å². The molecule has 3 nitrogen and oxygen atoms in total. The van der Waals surface area contributed by atoms with E-state index in [1.807, 2.05) is 41.8 Å². The molecule has 0 amide bonds. The molecule has 0 N–H and O–H groups in total. The molecule has 23 heavy (non-hydrogen) atoms. The van der Waals surface area contributed by atoms with Gasteiger partial charge in [-0.05, 0) is 30.0 Å². The molecule has 3 aromatic rings. The van der Waals surface area contributed by atoms with E-state index in [1.54, 1.807) is 4.57 Å². The first-order valence-corrected chi connectivity index (χ1v) is 9.75. The van der Waals surface area contributed by atoms with E-state index in [0.717, 1.165) is 22.7 Å². The van der Waals surface area contributed by atoms with Crippen molar-refractivity contribution in [1.29, 1.82) is 0 Å². The van der Waals surface area contributed by atoms with Gasteiger partial charge in [0, 0.05) is 11.7 Å². The summed E-state index contributed by atoms with van der Waals surface area (Å²) in [4.78, 5) is 18.3. The molecule has 0 spiro atoms. The number of halogens is 2. The zero-order chi connectivity index (χ0) is 16.0. The highest BCUT2D eigenvalue weighted by atomic mass is 35.5. The van der Waals surface area contributed by atoms with Crippen LogP contribution in [0.4, 0.5) is 0 Å². The predicted molar refractivity (Wildman–Crippen MR) is 98.5 cm³/mol. The topological polar surface area (TPSA) is 34.9 Å². The number of thiophene rings is 1. The third-order valence-corrected chi connectivity index (χ3v) is 6.68. The molecule has 0 radical (unpaired) electrons. The van der Waals surface area contributed by atoms with Crippen LogP contribution in [0.3, 0.4) is 0 Å². The van der Waals surface area contributed by atoms with Crippen LogP contribution in [0.2, 0.25) is 0 Å². The van der Waals surface area contributed by atoms with Gasteiger partial charge in [0.2, 0.25) is 0 Å². The fourth-order valence-electron chi connectivity index (χ4n) is 2.42. The standard InChI is InChI=1S/C16H12Cl2N2OS2/c17-16(18)8-10(16)9-23-15-19-13-12(6-7-22-13)14(21)20(15)11-4-2-1-3-5-11/h1-7,10H,8-9H2/t10-/m0/s1. The van der Waals surface area contributed by atoms with Gasteiger partial charge in [0.05, 0.1) is 11.1 Å². The Balaban J connectivity index is 1.79. The fourth-order valence-corrected chi connectivity index (χ4v) is 5.17. The van der Waals surface area contributed by atoms with Crippen molar-refractivity contribution in [3.05, 3.63) is 52.1 Å². The highest BCUT2D eigenvalue weighted by Gasteiger charge is 2.51. The van der Waals surface area contributed by atoms with Crippen LogP contribution >= 0.6 is 46.3 Å². The lowest BCUT2D eigenvalue weighted by Crippen LogP contribution is -2.21. The second kappa shape index (κ2) is 5.81. The number of rotatable bonds is 4. The minimum atomic E-state index is -0.613. The van der Waals surface area contributed by atoms with Crippen LogP contribution in [-0.4, -0.2) is 19.6 Å². The van der Waals surface area contributed by atoms with Gasteiger partial charge in [-0.15, -0.1) is 34.5 Å². The number of thioether (sulfide) groups is 1. The molecule has 1 fully saturated rings. The molecular formula is C16H12Cl2N2OS2. The van der Waals surface area contributed by atoms with Crippen molar-refractivity contribution in [1.82, 2.24) is 9.55 Å². The van der Waals surface area contributed by atoms with E-state index in [-0.39, 0.29) is 11.5 Å². The summed E-state index contributed by atoms with van der Waals surface area (Å²) in [5.74, 6) is 0.999. The first kappa shape index (κ1) is 15.5. The zero-order valence-electron chi connectivity index (χ0n) is 11.9. The number of para-hydroxylation sites is 1. The molecule has 1 saturated carbocycles. The summed E-state index contributed by atoms with van der Waals surface area (Å²) in [7, 11) is 0. The zero-order valence-corrected chi connectivity index (χ0v) is 15.1. The van der Waals surface area contributed by atoms with E-state index in [2.05, 4.69) is 4.98 Å². The lowest BCUT2D eigenvalue weighted by atomic mass is 10.3. The first-order chi connectivity index (χ1) is 11.1. The molecule has 0 bridgehead atoms. The minimum absolute atomic E-state index is 0.0382. The van der Waals surface area contributed by atoms with Gasteiger partial charge in [-0.25, -0.2) is 4.98 Å². The average molecular weight is 383 g/mol. The average Bonchev–Trinajstić information content (AvgIpc) is 2.94. The fraction of sp³-hybridized carbons (Fsp3) is 0.250.